The van der Waals surface area contributed by atoms with Crippen LogP contribution in [0.2, 0.25) is 0 Å². The van der Waals surface area contributed by atoms with Gasteiger partial charge in [-0.3, -0.25) is 9.59 Å². The van der Waals surface area contributed by atoms with Gasteiger partial charge in [0.1, 0.15) is 0 Å². The largest absolute Gasteiger partial charge is 0.368 e. The maximum atomic E-state index is 12.0. The second-order valence-corrected chi connectivity index (χ2v) is 8.00. The summed E-state index contributed by atoms with van der Waals surface area (Å²) in [6.45, 7) is 1.42. The van der Waals surface area contributed by atoms with Gasteiger partial charge in [0.15, 0.2) is 6.17 Å². The molecule has 0 radical (unpaired) electrons. The van der Waals surface area contributed by atoms with Crippen molar-refractivity contribution in [3.8, 4) is 0 Å². The van der Waals surface area contributed by atoms with Crippen LogP contribution < -0.4 is 16.1 Å². The molecule has 0 saturated carbocycles. The summed E-state index contributed by atoms with van der Waals surface area (Å²) >= 11 is 17.9. The summed E-state index contributed by atoms with van der Waals surface area (Å²) in [7, 11) is 0. The topological polar surface area (TPSA) is 79.5 Å². The molecule has 0 spiro atoms. The van der Waals surface area contributed by atoms with Crippen molar-refractivity contribution >= 4 is 58.1 Å². The van der Waals surface area contributed by atoms with Gasteiger partial charge in [-0.1, -0.05) is 65.1 Å². The van der Waals surface area contributed by atoms with Gasteiger partial charge in [-0.05, 0) is 29.8 Å². The Morgan fingerprint density at radius 1 is 1.00 bits per heavy atom. The van der Waals surface area contributed by atoms with Crippen LogP contribution in [0.25, 0.3) is 0 Å². The van der Waals surface area contributed by atoms with Crippen molar-refractivity contribution in [1.82, 2.24) is 5.48 Å². The van der Waals surface area contributed by atoms with Crippen molar-refractivity contribution in [3.63, 3.8) is 0 Å². The second-order valence-electron chi connectivity index (χ2n) is 5.63. The average Bonchev–Trinajstić information content (AvgIpc) is 2.59. The van der Waals surface area contributed by atoms with E-state index in [0.29, 0.717) is 11.4 Å². The van der Waals surface area contributed by atoms with Crippen LogP contribution in [-0.4, -0.2) is 21.8 Å². The minimum absolute atomic E-state index is 0.0752. The molecule has 0 aliphatic heterocycles. The number of carbonyl (C=O) groups is 2. The molecule has 27 heavy (non-hydrogen) atoms. The third kappa shape index (κ3) is 7.64. The first-order chi connectivity index (χ1) is 12.7. The highest BCUT2D eigenvalue weighted by Crippen LogP contribution is 2.31. The molecule has 9 heteroatoms. The van der Waals surface area contributed by atoms with Gasteiger partial charge in [-0.2, -0.15) is 0 Å². The van der Waals surface area contributed by atoms with Crippen molar-refractivity contribution in [2.75, 3.05) is 10.6 Å². The van der Waals surface area contributed by atoms with E-state index >= 15 is 0 Å². The fraction of sp³-hybridized carbons (Fsp3) is 0.222. The lowest BCUT2D eigenvalue weighted by atomic mass is 10.2. The molecule has 0 heterocycles. The molecule has 6 nitrogen and oxygen atoms in total. The first-order valence-corrected chi connectivity index (χ1v) is 9.07. The van der Waals surface area contributed by atoms with Crippen LogP contribution in [0.5, 0.6) is 0 Å². The zero-order valence-electron chi connectivity index (χ0n) is 14.3. The number of hydrogen-bond donors (Lipinski definition) is 3. The van der Waals surface area contributed by atoms with E-state index in [9.17, 15) is 9.59 Å². The minimum atomic E-state index is -1.80. The highest BCUT2D eigenvalue weighted by atomic mass is 35.6. The average molecular weight is 431 g/mol. The van der Waals surface area contributed by atoms with Gasteiger partial charge in [0.25, 0.3) is 0 Å². The Labute approximate surface area is 172 Å². The van der Waals surface area contributed by atoms with Crippen molar-refractivity contribution in [2.24, 2.45) is 0 Å². The Hall–Kier alpha value is -1.99. The molecule has 0 aliphatic rings. The van der Waals surface area contributed by atoms with E-state index in [4.69, 9.17) is 39.6 Å². The van der Waals surface area contributed by atoms with Crippen molar-refractivity contribution in [1.29, 1.82) is 0 Å². The molecule has 0 fully saturated rings. The van der Waals surface area contributed by atoms with Gasteiger partial charge in [-0.25, -0.2) is 0 Å². The molecule has 0 aliphatic carbocycles. The number of benzene rings is 2. The van der Waals surface area contributed by atoms with Crippen molar-refractivity contribution < 1.29 is 14.4 Å². The normalized spacial score (nSPS) is 12.1. The zero-order chi connectivity index (χ0) is 19.9. The maximum Gasteiger partial charge on any atom is 0.329 e. The number of anilines is 2. The SMILES string of the molecule is CC(=O)Nc1ccc(NC(NOC(=O)Cc2ccccc2)C(Cl)(Cl)Cl)cc1. The molecule has 3 N–H and O–H groups in total. The second kappa shape index (κ2) is 9.80. The molecule has 1 amide bonds. The van der Waals surface area contributed by atoms with Gasteiger partial charge in [0.05, 0.1) is 6.42 Å². The molecule has 0 saturated heterocycles. The van der Waals surface area contributed by atoms with E-state index in [2.05, 4.69) is 16.1 Å². The Balaban J connectivity index is 1.95. The third-order valence-electron chi connectivity index (χ3n) is 3.33. The van der Waals surface area contributed by atoms with Crippen LogP contribution >= 0.6 is 34.8 Å². The standard InChI is InChI=1S/C18H18Cl3N3O3/c1-12(25)22-14-7-9-15(10-8-14)23-17(18(19,20)21)24-27-16(26)11-13-5-3-2-4-6-13/h2-10,17,23-24H,11H2,1H3,(H,22,25). The van der Waals surface area contributed by atoms with E-state index in [1.807, 2.05) is 30.3 Å². The Morgan fingerprint density at radius 3 is 2.15 bits per heavy atom. The fourth-order valence-electron chi connectivity index (χ4n) is 2.12. The Kier molecular flexibility index (Phi) is 7.74. The molecular weight excluding hydrogens is 413 g/mol. The molecule has 2 rings (SSSR count). The first-order valence-electron chi connectivity index (χ1n) is 7.94. The van der Waals surface area contributed by atoms with Crippen LogP contribution in [0, 0.1) is 0 Å². The maximum absolute atomic E-state index is 12.0. The molecule has 2 aromatic carbocycles. The van der Waals surface area contributed by atoms with Gasteiger partial charge in [0, 0.05) is 18.3 Å². The first kappa shape index (κ1) is 21.3. The van der Waals surface area contributed by atoms with E-state index in [0.717, 1.165) is 5.56 Å². The van der Waals surface area contributed by atoms with E-state index in [1.54, 1.807) is 24.3 Å². The van der Waals surface area contributed by atoms with Gasteiger partial charge in [0.2, 0.25) is 9.70 Å². The summed E-state index contributed by atoms with van der Waals surface area (Å²) in [5.74, 6) is -0.704. The Morgan fingerprint density at radius 2 is 1.59 bits per heavy atom. The van der Waals surface area contributed by atoms with Crippen LogP contribution in [0.15, 0.2) is 54.6 Å². The predicted molar refractivity (Wildman–Crippen MR) is 108 cm³/mol. The molecule has 0 bridgehead atoms. The number of hydroxylamine groups is 1. The summed E-state index contributed by atoms with van der Waals surface area (Å²) < 4.78 is -1.80. The van der Waals surface area contributed by atoms with Crippen LogP contribution in [0.4, 0.5) is 11.4 Å². The lowest BCUT2D eigenvalue weighted by Gasteiger charge is -2.26. The molecule has 2 aromatic rings. The van der Waals surface area contributed by atoms with Crippen molar-refractivity contribution in [2.45, 2.75) is 23.3 Å². The number of alkyl halides is 3. The number of amides is 1. The zero-order valence-corrected chi connectivity index (χ0v) is 16.6. The van der Waals surface area contributed by atoms with Gasteiger partial charge in [-0.15, -0.1) is 5.48 Å². The highest BCUT2D eigenvalue weighted by Gasteiger charge is 2.34. The lowest BCUT2D eigenvalue weighted by Crippen LogP contribution is -2.47. The molecular formula is C18H18Cl3N3O3. The Bertz CT molecular complexity index is 765. The lowest BCUT2D eigenvalue weighted by molar-refractivity contribution is -0.151. The molecule has 144 valence electrons. The summed E-state index contributed by atoms with van der Waals surface area (Å²) in [6.07, 6.45) is -0.930. The van der Waals surface area contributed by atoms with E-state index in [1.165, 1.54) is 6.92 Å². The van der Waals surface area contributed by atoms with Crippen molar-refractivity contribution in [3.05, 3.63) is 60.2 Å². The number of rotatable bonds is 7. The number of nitrogens with one attached hydrogen (secondary N) is 3. The number of hydrogen-bond acceptors (Lipinski definition) is 5. The summed E-state index contributed by atoms with van der Waals surface area (Å²) in [5, 5.41) is 5.57. The fourth-order valence-corrected chi connectivity index (χ4v) is 2.42. The predicted octanol–water partition coefficient (Wildman–Crippen LogP) is 4.04. The van der Waals surface area contributed by atoms with E-state index in [-0.39, 0.29) is 12.3 Å². The van der Waals surface area contributed by atoms with Gasteiger partial charge < -0.3 is 15.5 Å². The quantitative estimate of drug-likeness (QED) is 0.351. The van der Waals surface area contributed by atoms with Crippen LogP contribution in [0.3, 0.4) is 0 Å². The third-order valence-corrected chi connectivity index (χ3v) is 3.98. The molecule has 1 atom stereocenters. The monoisotopic (exact) mass is 429 g/mol. The van der Waals surface area contributed by atoms with Crippen LogP contribution in [-0.2, 0) is 20.8 Å². The van der Waals surface area contributed by atoms with E-state index < -0.39 is 15.9 Å². The summed E-state index contributed by atoms with van der Waals surface area (Å²) in [6, 6.07) is 15.8. The van der Waals surface area contributed by atoms with Crippen LogP contribution in [0.1, 0.15) is 12.5 Å². The summed E-state index contributed by atoms with van der Waals surface area (Å²) in [5.41, 5.74) is 4.47. The minimum Gasteiger partial charge on any atom is -0.368 e. The van der Waals surface area contributed by atoms with Gasteiger partial charge >= 0.3 is 5.97 Å². The smallest absolute Gasteiger partial charge is 0.329 e. The number of halogens is 3. The molecule has 1 unspecified atom stereocenters. The highest BCUT2D eigenvalue weighted by molar-refractivity contribution is 6.68. The number of carbonyl (C=O) groups excluding carboxylic acids is 2. The summed E-state index contributed by atoms with van der Waals surface area (Å²) in [4.78, 5) is 28.0. The molecule has 0 aromatic heterocycles.